The summed E-state index contributed by atoms with van der Waals surface area (Å²) in [5.41, 5.74) is 7.49. The Labute approximate surface area is 112 Å². The summed E-state index contributed by atoms with van der Waals surface area (Å²) in [7, 11) is 0. The molecule has 18 heavy (non-hydrogen) atoms. The molecule has 1 aliphatic rings. The first-order valence-electron chi connectivity index (χ1n) is 6.28. The van der Waals surface area contributed by atoms with Crippen molar-refractivity contribution in [3.8, 4) is 11.3 Å². The molecule has 3 rings (SSSR count). The van der Waals surface area contributed by atoms with E-state index in [0.717, 1.165) is 25.0 Å². The topological polar surface area (TPSA) is 25.8 Å². The number of aryl methyl sites for hydroxylation is 4. The minimum Gasteiger partial charge on any atom is -0.149 e. The highest BCUT2D eigenvalue weighted by Crippen LogP contribution is 2.33. The van der Waals surface area contributed by atoms with E-state index in [-0.39, 0.29) is 0 Å². The van der Waals surface area contributed by atoms with Crippen molar-refractivity contribution in [2.45, 2.75) is 33.1 Å². The van der Waals surface area contributed by atoms with E-state index in [9.17, 15) is 0 Å². The molecule has 0 bridgehead atoms. The molecule has 0 N–H and O–H groups in total. The van der Waals surface area contributed by atoms with Crippen molar-refractivity contribution in [1.29, 1.82) is 0 Å². The predicted octanol–water partition coefficient (Wildman–Crippen LogP) is 3.90. The molecule has 2 nitrogen and oxygen atoms in total. The molecule has 1 heterocycles. The predicted molar refractivity (Wildman–Crippen MR) is 74.0 cm³/mol. The number of aromatic nitrogens is 2. The van der Waals surface area contributed by atoms with E-state index in [0.29, 0.717) is 5.15 Å². The van der Waals surface area contributed by atoms with Gasteiger partial charge in [0.2, 0.25) is 0 Å². The molecule has 1 aromatic heterocycles. The van der Waals surface area contributed by atoms with Gasteiger partial charge in [-0.15, -0.1) is 10.2 Å². The first-order valence-corrected chi connectivity index (χ1v) is 6.65. The minimum atomic E-state index is 0.487. The van der Waals surface area contributed by atoms with Crippen molar-refractivity contribution in [3.63, 3.8) is 0 Å². The van der Waals surface area contributed by atoms with Crippen LogP contribution in [0.2, 0.25) is 5.15 Å². The average molecular weight is 259 g/mol. The van der Waals surface area contributed by atoms with Gasteiger partial charge in [0, 0.05) is 5.56 Å². The average Bonchev–Trinajstić information content (AvgIpc) is 2.49. The number of hydrogen-bond acceptors (Lipinski definition) is 2. The maximum absolute atomic E-state index is 5.94. The summed E-state index contributed by atoms with van der Waals surface area (Å²) >= 11 is 5.94. The third-order valence-corrected chi connectivity index (χ3v) is 3.89. The van der Waals surface area contributed by atoms with Crippen molar-refractivity contribution < 1.29 is 0 Å². The molecular formula is C15H15ClN2. The van der Waals surface area contributed by atoms with Gasteiger partial charge in [0.05, 0.1) is 5.69 Å². The van der Waals surface area contributed by atoms with Crippen LogP contribution in [0, 0.1) is 13.8 Å². The number of hydrogen-bond donors (Lipinski definition) is 0. The minimum absolute atomic E-state index is 0.487. The zero-order valence-corrected chi connectivity index (χ0v) is 11.4. The zero-order chi connectivity index (χ0) is 12.7. The van der Waals surface area contributed by atoms with Gasteiger partial charge in [0.1, 0.15) is 0 Å². The van der Waals surface area contributed by atoms with Crippen molar-refractivity contribution >= 4 is 11.6 Å². The SMILES string of the molecule is Cc1cc2c(cc1C)-c1nnc(Cl)cc1CCC2. The van der Waals surface area contributed by atoms with E-state index in [1.54, 1.807) is 0 Å². The van der Waals surface area contributed by atoms with Crippen molar-refractivity contribution in [1.82, 2.24) is 10.2 Å². The van der Waals surface area contributed by atoms with Crippen LogP contribution in [0.4, 0.5) is 0 Å². The van der Waals surface area contributed by atoms with Crippen LogP contribution in [0.5, 0.6) is 0 Å². The largest absolute Gasteiger partial charge is 0.152 e. The standard InChI is InChI=1S/C15H15ClN2/c1-9-6-11-4-3-5-12-8-14(16)17-18-15(12)13(11)7-10(9)2/h6-8H,3-5H2,1-2H3. The molecule has 3 heteroatoms. The van der Waals surface area contributed by atoms with Crippen LogP contribution in [-0.2, 0) is 12.8 Å². The fourth-order valence-corrected chi connectivity index (χ4v) is 2.76. The maximum Gasteiger partial charge on any atom is 0.152 e. The van der Waals surface area contributed by atoms with Crippen LogP contribution in [0.3, 0.4) is 0 Å². The van der Waals surface area contributed by atoms with E-state index in [2.05, 4.69) is 36.2 Å². The molecule has 0 spiro atoms. The van der Waals surface area contributed by atoms with Gasteiger partial charge in [-0.1, -0.05) is 17.7 Å². The highest BCUT2D eigenvalue weighted by Gasteiger charge is 2.17. The highest BCUT2D eigenvalue weighted by molar-refractivity contribution is 6.29. The Morgan fingerprint density at radius 2 is 1.67 bits per heavy atom. The van der Waals surface area contributed by atoms with Gasteiger partial charge in [-0.3, -0.25) is 0 Å². The lowest BCUT2D eigenvalue weighted by Gasteiger charge is -2.11. The number of benzene rings is 1. The molecule has 0 atom stereocenters. The Kier molecular flexibility index (Phi) is 2.83. The Balaban J connectivity index is 2.27. The summed E-state index contributed by atoms with van der Waals surface area (Å²) in [5, 5.41) is 8.80. The Morgan fingerprint density at radius 1 is 0.944 bits per heavy atom. The van der Waals surface area contributed by atoms with Crippen LogP contribution >= 0.6 is 11.6 Å². The lowest BCUT2D eigenvalue weighted by molar-refractivity contribution is 0.829. The van der Waals surface area contributed by atoms with Crippen LogP contribution in [0.1, 0.15) is 28.7 Å². The van der Waals surface area contributed by atoms with Gasteiger partial charge < -0.3 is 0 Å². The quantitative estimate of drug-likeness (QED) is 0.716. The van der Waals surface area contributed by atoms with Gasteiger partial charge >= 0.3 is 0 Å². The van der Waals surface area contributed by atoms with Crippen LogP contribution < -0.4 is 0 Å². The highest BCUT2D eigenvalue weighted by atomic mass is 35.5. The maximum atomic E-state index is 5.94. The fourth-order valence-electron chi connectivity index (χ4n) is 2.59. The molecule has 0 amide bonds. The first-order chi connectivity index (χ1) is 8.65. The Hall–Kier alpha value is -1.41. The lowest BCUT2D eigenvalue weighted by Crippen LogP contribution is -1.96. The second-order valence-corrected chi connectivity index (χ2v) is 5.38. The smallest absolute Gasteiger partial charge is 0.149 e. The molecular weight excluding hydrogens is 244 g/mol. The number of rotatable bonds is 0. The summed E-state index contributed by atoms with van der Waals surface area (Å²) in [6.45, 7) is 4.30. The molecule has 0 unspecified atom stereocenters. The van der Waals surface area contributed by atoms with E-state index in [1.807, 2.05) is 6.07 Å². The van der Waals surface area contributed by atoms with Crippen molar-refractivity contribution in [3.05, 3.63) is 45.6 Å². The van der Waals surface area contributed by atoms with Crippen molar-refractivity contribution in [2.75, 3.05) is 0 Å². The van der Waals surface area contributed by atoms with Gasteiger partial charge in [0.15, 0.2) is 5.15 Å². The van der Waals surface area contributed by atoms with Gasteiger partial charge in [-0.05, 0) is 67.5 Å². The van der Waals surface area contributed by atoms with Gasteiger partial charge in [-0.25, -0.2) is 0 Å². The van der Waals surface area contributed by atoms with Crippen LogP contribution in [0.25, 0.3) is 11.3 Å². The molecule has 0 aliphatic heterocycles. The number of nitrogens with zero attached hydrogens (tertiary/aromatic N) is 2. The Bertz CT molecular complexity index is 620. The van der Waals surface area contributed by atoms with E-state index >= 15 is 0 Å². The Morgan fingerprint density at radius 3 is 2.50 bits per heavy atom. The van der Waals surface area contributed by atoms with Crippen LogP contribution in [-0.4, -0.2) is 10.2 Å². The normalized spacial score (nSPS) is 13.7. The molecule has 92 valence electrons. The third kappa shape index (κ3) is 1.91. The summed E-state index contributed by atoms with van der Waals surface area (Å²) in [6.07, 6.45) is 3.27. The molecule has 0 saturated heterocycles. The summed E-state index contributed by atoms with van der Waals surface area (Å²) < 4.78 is 0. The molecule has 0 radical (unpaired) electrons. The molecule has 1 aliphatic carbocycles. The fraction of sp³-hybridized carbons (Fsp3) is 0.333. The summed E-state index contributed by atoms with van der Waals surface area (Å²) in [5.74, 6) is 0. The molecule has 1 aromatic carbocycles. The first kappa shape index (κ1) is 11.7. The van der Waals surface area contributed by atoms with Crippen molar-refractivity contribution in [2.24, 2.45) is 0 Å². The lowest BCUT2D eigenvalue weighted by atomic mass is 9.96. The van der Waals surface area contributed by atoms with E-state index < -0.39 is 0 Å². The van der Waals surface area contributed by atoms with E-state index in [4.69, 9.17) is 11.6 Å². The monoisotopic (exact) mass is 258 g/mol. The van der Waals surface area contributed by atoms with E-state index in [1.165, 1.54) is 27.8 Å². The zero-order valence-electron chi connectivity index (χ0n) is 10.6. The third-order valence-electron chi connectivity index (χ3n) is 3.71. The molecule has 0 saturated carbocycles. The van der Waals surface area contributed by atoms with Gasteiger partial charge in [0.25, 0.3) is 0 Å². The number of halogens is 1. The second-order valence-electron chi connectivity index (χ2n) is 4.99. The van der Waals surface area contributed by atoms with Gasteiger partial charge in [-0.2, -0.15) is 0 Å². The summed E-state index contributed by atoms with van der Waals surface area (Å²) in [6, 6.07) is 6.47. The second kappa shape index (κ2) is 4.36. The molecule has 2 aromatic rings. The summed E-state index contributed by atoms with van der Waals surface area (Å²) in [4.78, 5) is 0. The molecule has 0 fully saturated rings. The number of fused-ring (bicyclic) bond motifs is 3. The van der Waals surface area contributed by atoms with Crippen LogP contribution in [0.15, 0.2) is 18.2 Å².